The minimum atomic E-state index is -0.597. The van der Waals surface area contributed by atoms with Gasteiger partial charge < -0.3 is 14.9 Å². The Morgan fingerprint density at radius 1 is 1.00 bits per heavy atom. The molecule has 0 aromatic rings. The van der Waals surface area contributed by atoms with Crippen molar-refractivity contribution in [2.24, 2.45) is 40.4 Å². The van der Waals surface area contributed by atoms with E-state index in [4.69, 9.17) is 4.74 Å². The van der Waals surface area contributed by atoms with Crippen LogP contribution in [0.1, 0.15) is 91.9 Å². The van der Waals surface area contributed by atoms with Crippen molar-refractivity contribution in [3.8, 4) is 0 Å². The molecule has 0 saturated heterocycles. The largest absolute Gasteiger partial charge is 0.393 e. The normalized spacial score (nSPS) is 51.9. The van der Waals surface area contributed by atoms with Gasteiger partial charge in [-0.1, -0.05) is 13.8 Å². The number of rotatable bonds is 5. The Kier molecular flexibility index (Phi) is 5.69. The first-order valence-electron chi connectivity index (χ1n) is 12.3. The minimum absolute atomic E-state index is 0.161. The summed E-state index contributed by atoms with van der Waals surface area (Å²) >= 11 is 0. The molecule has 0 amide bonds. The molecular weight excluding hydrogens is 348 g/mol. The van der Waals surface area contributed by atoms with E-state index in [9.17, 15) is 10.2 Å². The Morgan fingerprint density at radius 2 is 1.79 bits per heavy atom. The van der Waals surface area contributed by atoms with Gasteiger partial charge in [0.05, 0.1) is 18.3 Å². The van der Waals surface area contributed by atoms with Crippen LogP contribution in [-0.2, 0) is 4.74 Å². The van der Waals surface area contributed by atoms with Gasteiger partial charge in [0.2, 0.25) is 0 Å². The van der Waals surface area contributed by atoms with E-state index in [1.165, 1.54) is 51.4 Å². The lowest BCUT2D eigenvalue weighted by Gasteiger charge is -2.63. The van der Waals surface area contributed by atoms with Crippen molar-refractivity contribution in [3.05, 3.63) is 0 Å². The molecule has 4 aliphatic carbocycles. The summed E-state index contributed by atoms with van der Waals surface area (Å²) in [6, 6.07) is 0. The van der Waals surface area contributed by atoms with Crippen molar-refractivity contribution in [3.63, 3.8) is 0 Å². The number of aliphatic hydroxyl groups excluding tert-OH is 1. The zero-order valence-corrected chi connectivity index (χ0v) is 18.8. The van der Waals surface area contributed by atoms with E-state index in [2.05, 4.69) is 13.8 Å². The van der Waals surface area contributed by atoms with Crippen molar-refractivity contribution < 1.29 is 14.9 Å². The highest BCUT2D eigenvalue weighted by atomic mass is 16.5. The average Bonchev–Trinajstić information content (AvgIpc) is 3.03. The van der Waals surface area contributed by atoms with Crippen molar-refractivity contribution in [1.29, 1.82) is 0 Å². The lowest BCUT2D eigenvalue weighted by molar-refractivity contribution is -0.174. The fraction of sp³-hybridized carbons (Fsp3) is 1.00. The Bertz CT molecular complexity index is 562. The summed E-state index contributed by atoms with van der Waals surface area (Å²) in [5.74, 6) is 3.64. The molecule has 162 valence electrons. The molecule has 2 N–H and O–H groups in total. The standard InChI is InChI=1S/C25H44O3/c1-5-25-14-13-24(27,16-28-6-2)15-18(25)7-8-19-21-10-9-20(17(3)26)23(21,4)12-11-22(19)25/h17-22,26-27H,5-16H2,1-4H3/t17?,18-,19-,20+,21-,22-,23+,24+,25-/m0/s1. The molecule has 1 unspecified atom stereocenters. The van der Waals surface area contributed by atoms with Crippen LogP contribution in [0.2, 0.25) is 0 Å². The highest BCUT2D eigenvalue weighted by molar-refractivity contribution is 5.11. The van der Waals surface area contributed by atoms with Crippen LogP contribution in [0.15, 0.2) is 0 Å². The Morgan fingerprint density at radius 3 is 2.46 bits per heavy atom. The first kappa shape index (κ1) is 21.1. The molecule has 0 spiro atoms. The van der Waals surface area contributed by atoms with Gasteiger partial charge >= 0.3 is 0 Å². The van der Waals surface area contributed by atoms with Crippen LogP contribution in [0.4, 0.5) is 0 Å². The van der Waals surface area contributed by atoms with E-state index in [-0.39, 0.29) is 6.10 Å². The average molecular weight is 393 g/mol. The quantitative estimate of drug-likeness (QED) is 0.677. The van der Waals surface area contributed by atoms with E-state index in [0.29, 0.717) is 35.9 Å². The summed E-state index contributed by atoms with van der Waals surface area (Å²) in [4.78, 5) is 0. The molecular formula is C25H44O3. The topological polar surface area (TPSA) is 49.7 Å². The van der Waals surface area contributed by atoms with Gasteiger partial charge in [-0.2, -0.15) is 0 Å². The van der Waals surface area contributed by atoms with Crippen LogP contribution in [-0.4, -0.2) is 35.1 Å². The molecule has 3 heteroatoms. The van der Waals surface area contributed by atoms with Crippen LogP contribution in [0.25, 0.3) is 0 Å². The minimum Gasteiger partial charge on any atom is -0.393 e. The van der Waals surface area contributed by atoms with E-state index < -0.39 is 5.60 Å². The van der Waals surface area contributed by atoms with Gasteiger partial charge in [0.25, 0.3) is 0 Å². The maximum Gasteiger partial charge on any atom is 0.0883 e. The predicted molar refractivity (Wildman–Crippen MR) is 113 cm³/mol. The molecule has 0 heterocycles. The van der Waals surface area contributed by atoms with Crippen LogP contribution < -0.4 is 0 Å². The van der Waals surface area contributed by atoms with E-state index in [1.807, 2.05) is 13.8 Å². The molecule has 0 aromatic carbocycles. The van der Waals surface area contributed by atoms with Gasteiger partial charge in [0, 0.05) is 6.61 Å². The molecule has 28 heavy (non-hydrogen) atoms. The zero-order valence-electron chi connectivity index (χ0n) is 18.8. The monoisotopic (exact) mass is 392 g/mol. The summed E-state index contributed by atoms with van der Waals surface area (Å²) in [5.41, 5.74) is 0.188. The van der Waals surface area contributed by atoms with E-state index >= 15 is 0 Å². The van der Waals surface area contributed by atoms with Crippen LogP contribution >= 0.6 is 0 Å². The molecule has 4 fully saturated rings. The first-order valence-corrected chi connectivity index (χ1v) is 12.3. The van der Waals surface area contributed by atoms with Gasteiger partial charge in [-0.25, -0.2) is 0 Å². The number of ether oxygens (including phenoxy) is 1. The molecule has 9 atom stereocenters. The van der Waals surface area contributed by atoms with Gasteiger partial charge in [-0.15, -0.1) is 0 Å². The summed E-state index contributed by atoms with van der Waals surface area (Å²) in [6.07, 6.45) is 12.0. The third-order valence-electron chi connectivity index (χ3n) is 10.4. The number of aliphatic hydroxyl groups is 2. The number of hydrogen-bond donors (Lipinski definition) is 2. The fourth-order valence-electron chi connectivity index (χ4n) is 9.09. The third-order valence-corrected chi connectivity index (χ3v) is 10.4. The van der Waals surface area contributed by atoms with E-state index in [1.54, 1.807) is 0 Å². The highest BCUT2D eigenvalue weighted by Gasteiger charge is 2.62. The van der Waals surface area contributed by atoms with Gasteiger partial charge in [-0.05, 0) is 118 Å². The molecule has 0 bridgehead atoms. The molecule has 4 saturated carbocycles. The smallest absolute Gasteiger partial charge is 0.0883 e. The zero-order chi connectivity index (χ0) is 20.2. The summed E-state index contributed by atoms with van der Waals surface area (Å²) in [7, 11) is 0. The van der Waals surface area contributed by atoms with Crippen molar-refractivity contribution in [2.45, 2.75) is 104 Å². The Balaban J connectivity index is 1.56. The molecule has 4 aliphatic rings. The van der Waals surface area contributed by atoms with Crippen molar-refractivity contribution >= 4 is 0 Å². The molecule has 4 rings (SSSR count). The SMILES string of the molecule is CCOC[C@@]1(O)CC[C@@]2(CC)[C@@H](CC[C@H]3[C@@H]4CC[C@H](C(C)O)[C@@]4(C)CC[C@@H]32)C1. The Labute approximate surface area is 172 Å². The molecule has 0 aliphatic heterocycles. The lowest BCUT2D eigenvalue weighted by Crippen LogP contribution is -2.57. The maximum absolute atomic E-state index is 11.2. The number of hydrogen-bond acceptors (Lipinski definition) is 3. The van der Waals surface area contributed by atoms with Crippen LogP contribution in [0.3, 0.4) is 0 Å². The summed E-state index contributed by atoms with van der Waals surface area (Å²) in [6.45, 7) is 10.2. The fourth-order valence-corrected chi connectivity index (χ4v) is 9.09. The number of fused-ring (bicyclic) bond motifs is 5. The Hall–Kier alpha value is -0.120. The van der Waals surface area contributed by atoms with Gasteiger partial charge in [0.1, 0.15) is 0 Å². The molecule has 0 aromatic heterocycles. The highest BCUT2D eigenvalue weighted by Crippen LogP contribution is 2.69. The maximum atomic E-state index is 11.2. The van der Waals surface area contributed by atoms with Crippen LogP contribution in [0.5, 0.6) is 0 Å². The van der Waals surface area contributed by atoms with E-state index in [0.717, 1.165) is 30.6 Å². The molecule has 0 radical (unpaired) electrons. The van der Waals surface area contributed by atoms with Crippen molar-refractivity contribution in [1.82, 2.24) is 0 Å². The van der Waals surface area contributed by atoms with Gasteiger partial charge in [-0.3, -0.25) is 0 Å². The summed E-state index contributed by atoms with van der Waals surface area (Å²) < 4.78 is 5.66. The van der Waals surface area contributed by atoms with Gasteiger partial charge in [0.15, 0.2) is 0 Å². The van der Waals surface area contributed by atoms with Crippen molar-refractivity contribution in [2.75, 3.05) is 13.2 Å². The first-order chi connectivity index (χ1) is 13.3. The predicted octanol–water partition coefficient (Wildman–Crippen LogP) is 5.18. The summed E-state index contributed by atoms with van der Waals surface area (Å²) in [5, 5.41) is 21.6. The second-order valence-electron chi connectivity index (χ2n) is 11.3. The third kappa shape index (κ3) is 3.10. The second-order valence-corrected chi connectivity index (χ2v) is 11.3. The molecule has 3 nitrogen and oxygen atoms in total. The van der Waals surface area contributed by atoms with Crippen LogP contribution in [0, 0.1) is 40.4 Å². The lowest BCUT2D eigenvalue weighted by atomic mass is 9.42. The second kappa shape index (κ2) is 7.54.